The van der Waals surface area contributed by atoms with Crippen molar-refractivity contribution in [3.05, 3.63) is 23.8 Å². The van der Waals surface area contributed by atoms with Crippen LogP contribution in [-0.4, -0.2) is 47.2 Å². The van der Waals surface area contributed by atoms with Crippen LogP contribution in [0.1, 0.15) is 39.5 Å². The van der Waals surface area contributed by atoms with Crippen LogP contribution in [0.3, 0.4) is 0 Å². The molecule has 0 saturated carbocycles. The predicted molar refractivity (Wildman–Crippen MR) is 82.1 cm³/mol. The number of unbranched alkanes of at least 4 members (excludes halogenated alkanes) is 2. The van der Waals surface area contributed by atoms with Gasteiger partial charge in [0.1, 0.15) is 6.10 Å². The lowest BCUT2D eigenvalue weighted by Gasteiger charge is -2.23. The molecule has 5 nitrogen and oxygen atoms in total. The summed E-state index contributed by atoms with van der Waals surface area (Å²) in [7, 11) is 1.54. The van der Waals surface area contributed by atoms with E-state index in [1.54, 1.807) is 0 Å². The maximum Gasteiger partial charge on any atom is 0.303 e. The third-order valence-electron chi connectivity index (χ3n) is 3.28. The number of rotatable bonds is 11. The summed E-state index contributed by atoms with van der Waals surface area (Å²) in [6.45, 7) is 3.66. The van der Waals surface area contributed by atoms with Gasteiger partial charge in [-0.2, -0.15) is 0 Å². The lowest BCUT2D eigenvalue weighted by Crippen LogP contribution is -2.31. The van der Waals surface area contributed by atoms with Gasteiger partial charge in [-0.1, -0.05) is 30.7 Å². The Morgan fingerprint density at radius 2 is 2.00 bits per heavy atom. The molecule has 0 amide bonds. The van der Waals surface area contributed by atoms with E-state index < -0.39 is 18.2 Å². The van der Waals surface area contributed by atoms with Gasteiger partial charge in [-0.15, -0.1) is 0 Å². The molecule has 0 rings (SSSR count). The summed E-state index contributed by atoms with van der Waals surface area (Å²) in [4.78, 5) is 10.4. The van der Waals surface area contributed by atoms with Crippen molar-refractivity contribution in [3.63, 3.8) is 0 Å². The number of hydrogen-bond donors (Lipinski definition) is 3. The molecule has 0 aromatic carbocycles. The van der Waals surface area contributed by atoms with Gasteiger partial charge in [-0.25, -0.2) is 0 Å². The van der Waals surface area contributed by atoms with Crippen LogP contribution < -0.4 is 0 Å². The van der Waals surface area contributed by atoms with Crippen molar-refractivity contribution in [2.45, 2.75) is 51.7 Å². The molecule has 5 heteroatoms. The quantitative estimate of drug-likeness (QED) is 0.402. The van der Waals surface area contributed by atoms with Gasteiger partial charge in [0.2, 0.25) is 0 Å². The van der Waals surface area contributed by atoms with E-state index in [1.165, 1.54) is 7.11 Å². The van der Waals surface area contributed by atoms with E-state index in [0.717, 1.165) is 18.4 Å². The summed E-state index contributed by atoms with van der Waals surface area (Å²) in [5.74, 6) is -0.900. The fourth-order valence-electron chi connectivity index (χ4n) is 2.00. The molecule has 21 heavy (non-hydrogen) atoms. The first-order valence-corrected chi connectivity index (χ1v) is 7.29. The Morgan fingerprint density at radius 3 is 2.52 bits per heavy atom. The number of hydrogen-bond acceptors (Lipinski definition) is 4. The summed E-state index contributed by atoms with van der Waals surface area (Å²) >= 11 is 0. The molecule has 0 heterocycles. The average molecular weight is 300 g/mol. The molecular formula is C16H28O5. The lowest BCUT2D eigenvalue weighted by atomic mass is 9.96. The molecule has 0 fully saturated rings. The third-order valence-corrected chi connectivity index (χ3v) is 3.28. The van der Waals surface area contributed by atoms with Crippen molar-refractivity contribution < 1.29 is 24.9 Å². The summed E-state index contributed by atoms with van der Waals surface area (Å²) in [5.41, 5.74) is 0.814. The normalized spacial score (nSPS) is 16.9. The number of carboxylic acid groups (broad SMARTS) is 1. The van der Waals surface area contributed by atoms with Gasteiger partial charge < -0.3 is 20.1 Å². The SMILES string of the molecule is CO[C@H](/C=C/CCCCC(=O)O)[C@@H](O)[C@H](C)/C=C(/C)CO. The van der Waals surface area contributed by atoms with Crippen molar-refractivity contribution in [2.24, 2.45) is 5.92 Å². The zero-order chi connectivity index (χ0) is 16.3. The number of methoxy groups -OCH3 is 1. The fraction of sp³-hybridized carbons (Fsp3) is 0.688. The van der Waals surface area contributed by atoms with Crippen LogP contribution in [0.4, 0.5) is 0 Å². The van der Waals surface area contributed by atoms with Crippen molar-refractivity contribution in [1.82, 2.24) is 0 Å². The molecule has 0 saturated heterocycles. The minimum absolute atomic E-state index is 0.0197. The van der Waals surface area contributed by atoms with Crippen LogP contribution in [0.15, 0.2) is 23.8 Å². The monoisotopic (exact) mass is 300 g/mol. The highest BCUT2D eigenvalue weighted by Crippen LogP contribution is 2.15. The topological polar surface area (TPSA) is 87.0 Å². The van der Waals surface area contributed by atoms with E-state index in [1.807, 2.05) is 32.1 Å². The third kappa shape index (κ3) is 9.39. The standard InChI is InChI=1S/C16H28O5/c1-12(11-17)10-13(2)16(20)14(21-3)8-6-4-5-7-9-15(18)19/h6,8,10,13-14,16-17,20H,4-5,7,9,11H2,1-3H3,(H,18,19)/b8-6+,12-10-/t13-,14-,16+/m1/s1. The Kier molecular flexibility index (Phi) is 10.8. The van der Waals surface area contributed by atoms with Crippen molar-refractivity contribution in [1.29, 1.82) is 0 Å². The van der Waals surface area contributed by atoms with Crippen LogP contribution >= 0.6 is 0 Å². The first kappa shape index (κ1) is 19.8. The van der Waals surface area contributed by atoms with E-state index in [-0.39, 0.29) is 18.9 Å². The van der Waals surface area contributed by atoms with Crippen molar-refractivity contribution in [2.75, 3.05) is 13.7 Å². The molecule has 0 aromatic rings. The van der Waals surface area contributed by atoms with Crippen molar-refractivity contribution in [3.8, 4) is 0 Å². The second-order valence-electron chi connectivity index (χ2n) is 5.29. The van der Waals surface area contributed by atoms with Gasteiger partial charge in [0.05, 0.1) is 12.7 Å². The van der Waals surface area contributed by atoms with E-state index in [9.17, 15) is 9.90 Å². The summed E-state index contributed by atoms with van der Waals surface area (Å²) in [6.07, 6.45) is 6.85. The Balaban J connectivity index is 4.27. The number of carboxylic acids is 1. The average Bonchev–Trinajstić information content (AvgIpc) is 2.45. The molecule has 0 aliphatic carbocycles. The zero-order valence-corrected chi connectivity index (χ0v) is 13.2. The van der Waals surface area contributed by atoms with Gasteiger partial charge in [-0.3, -0.25) is 4.79 Å². The van der Waals surface area contributed by atoms with Gasteiger partial charge in [0, 0.05) is 19.4 Å². The minimum atomic E-state index is -0.774. The molecule has 0 unspecified atom stereocenters. The molecule has 3 atom stereocenters. The molecule has 0 aliphatic heterocycles. The number of carbonyl (C=O) groups is 1. The molecule has 0 bridgehead atoms. The first-order valence-electron chi connectivity index (χ1n) is 7.29. The van der Waals surface area contributed by atoms with Gasteiger partial charge in [0.15, 0.2) is 0 Å². The van der Waals surface area contributed by atoms with Crippen LogP contribution in [0.25, 0.3) is 0 Å². The second kappa shape index (κ2) is 11.5. The maximum absolute atomic E-state index is 10.4. The Morgan fingerprint density at radius 1 is 1.33 bits per heavy atom. The summed E-state index contributed by atoms with van der Waals surface area (Å²) < 4.78 is 5.27. The molecule has 122 valence electrons. The van der Waals surface area contributed by atoms with Gasteiger partial charge >= 0.3 is 5.97 Å². The van der Waals surface area contributed by atoms with Crippen molar-refractivity contribution >= 4 is 5.97 Å². The van der Waals surface area contributed by atoms with Crippen LogP contribution in [0.5, 0.6) is 0 Å². The minimum Gasteiger partial charge on any atom is -0.481 e. The maximum atomic E-state index is 10.4. The lowest BCUT2D eigenvalue weighted by molar-refractivity contribution is -0.137. The number of ether oxygens (including phenoxy) is 1. The zero-order valence-electron chi connectivity index (χ0n) is 13.2. The number of aliphatic hydroxyl groups is 2. The van der Waals surface area contributed by atoms with Gasteiger partial charge in [0.25, 0.3) is 0 Å². The van der Waals surface area contributed by atoms with Crippen LogP contribution in [-0.2, 0) is 9.53 Å². The highest BCUT2D eigenvalue weighted by molar-refractivity contribution is 5.66. The molecule has 0 aliphatic rings. The summed E-state index contributed by atoms with van der Waals surface area (Å²) in [6, 6.07) is 0. The highest BCUT2D eigenvalue weighted by atomic mass is 16.5. The number of aliphatic hydroxyl groups excluding tert-OH is 2. The van der Waals surface area contributed by atoms with E-state index in [2.05, 4.69) is 0 Å². The molecule has 0 spiro atoms. The van der Waals surface area contributed by atoms with Crippen LogP contribution in [0, 0.1) is 5.92 Å². The Labute approximate surface area is 126 Å². The molecule has 0 aromatic heterocycles. The number of allylic oxidation sites excluding steroid dienone is 1. The summed E-state index contributed by atoms with van der Waals surface area (Å²) in [5, 5.41) is 27.7. The number of aliphatic carboxylic acids is 1. The van der Waals surface area contributed by atoms with E-state index >= 15 is 0 Å². The first-order chi connectivity index (χ1) is 9.92. The Hall–Kier alpha value is -1.17. The largest absolute Gasteiger partial charge is 0.481 e. The fourth-order valence-corrected chi connectivity index (χ4v) is 2.00. The molecule has 3 N–H and O–H groups in total. The highest BCUT2D eigenvalue weighted by Gasteiger charge is 2.21. The second-order valence-corrected chi connectivity index (χ2v) is 5.29. The van der Waals surface area contributed by atoms with Gasteiger partial charge in [-0.05, 0) is 26.2 Å². The van der Waals surface area contributed by atoms with E-state index in [0.29, 0.717) is 6.42 Å². The van der Waals surface area contributed by atoms with E-state index in [4.69, 9.17) is 14.9 Å². The predicted octanol–water partition coefficient (Wildman–Crippen LogP) is 2.14. The smallest absolute Gasteiger partial charge is 0.303 e. The molecular weight excluding hydrogens is 272 g/mol. The Bertz CT molecular complexity index is 349. The van der Waals surface area contributed by atoms with Crippen LogP contribution in [0.2, 0.25) is 0 Å². The molecule has 0 radical (unpaired) electrons.